The van der Waals surface area contributed by atoms with Crippen LogP contribution in [0, 0.1) is 0 Å². The molecule has 1 unspecified atom stereocenters. The normalized spacial score (nSPS) is 25.6. The first-order valence-electron chi connectivity index (χ1n) is 12.7. The first kappa shape index (κ1) is 28.5. The summed E-state index contributed by atoms with van der Waals surface area (Å²) in [5.74, 6) is 0.152. The van der Waals surface area contributed by atoms with Crippen LogP contribution >= 0.6 is 0 Å². The van der Waals surface area contributed by atoms with Crippen molar-refractivity contribution >= 4 is 0 Å². The van der Waals surface area contributed by atoms with Gasteiger partial charge in [0.25, 0.3) is 0 Å². The number of aliphatic hydroxyl groups excluding tert-OH is 4. The van der Waals surface area contributed by atoms with Gasteiger partial charge in [-0.1, -0.05) is 36.4 Å². The van der Waals surface area contributed by atoms with Crippen LogP contribution in [0.5, 0.6) is 5.75 Å². The molecule has 36 heavy (non-hydrogen) atoms. The van der Waals surface area contributed by atoms with E-state index in [0.717, 1.165) is 29.7 Å². The Hall–Kier alpha value is -2.04. The number of ether oxygens (including phenoxy) is 2. The molecule has 0 amide bonds. The van der Waals surface area contributed by atoms with Crippen molar-refractivity contribution in [3.63, 3.8) is 0 Å². The van der Waals surface area contributed by atoms with E-state index in [1.807, 2.05) is 24.3 Å². The Labute approximate surface area is 213 Å². The minimum absolute atomic E-state index is 0.0431. The topological polar surface area (TPSA) is 123 Å². The Bertz CT molecular complexity index is 929. The van der Waals surface area contributed by atoms with Gasteiger partial charge < -0.3 is 35.0 Å². The van der Waals surface area contributed by atoms with Gasteiger partial charge >= 0.3 is 0 Å². The molecule has 0 bridgehead atoms. The Morgan fingerprint density at radius 1 is 0.917 bits per heavy atom. The highest BCUT2D eigenvalue weighted by Crippen LogP contribution is 2.35. The second-order valence-electron chi connectivity index (χ2n) is 10.1. The van der Waals surface area contributed by atoms with E-state index in [4.69, 9.17) is 9.47 Å². The maximum Gasteiger partial charge on any atom is 0.187 e. The minimum atomic E-state index is -1.50. The fourth-order valence-electron chi connectivity index (χ4n) is 4.93. The van der Waals surface area contributed by atoms with Gasteiger partial charge in [-0.25, -0.2) is 0 Å². The van der Waals surface area contributed by atoms with Gasteiger partial charge in [-0.3, -0.25) is 4.90 Å². The molecule has 8 nitrogen and oxygen atoms in total. The SMILES string of the molecule is CC(C)N(CCC(c1ccccc1)c1cc(CO[C@@H]2O[C@H](CO)[C@@H](O)[C@H](O)[C@H]2O)ccc1O)C(C)C. The molecule has 1 aliphatic rings. The van der Waals surface area contributed by atoms with E-state index >= 15 is 0 Å². The maximum atomic E-state index is 10.8. The fraction of sp³-hybridized carbons (Fsp3) is 0.571. The summed E-state index contributed by atoms with van der Waals surface area (Å²) in [5.41, 5.74) is 2.64. The van der Waals surface area contributed by atoms with E-state index in [9.17, 15) is 25.5 Å². The van der Waals surface area contributed by atoms with Gasteiger partial charge in [0.05, 0.1) is 13.2 Å². The number of benzene rings is 2. The summed E-state index contributed by atoms with van der Waals surface area (Å²) in [5, 5.41) is 50.5. The number of hydrogen-bond donors (Lipinski definition) is 5. The van der Waals surface area contributed by atoms with Crippen LogP contribution in [0.1, 0.15) is 56.7 Å². The Balaban J connectivity index is 1.81. The molecule has 0 aliphatic carbocycles. The number of rotatable bonds is 11. The van der Waals surface area contributed by atoms with E-state index in [0.29, 0.717) is 12.1 Å². The Morgan fingerprint density at radius 2 is 1.58 bits per heavy atom. The second-order valence-corrected chi connectivity index (χ2v) is 10.1. The van der Waals surface area contributed by atoms with E-state index in [2.05, 4.69) is 44.7 Å². The number of hydrogen-bond acceptors (Lipinski definition) is 8. The quantitative estimate of drug-likeness (QED) is 0.317. The van der Waals surface area contributed by atoms with Crippen LogP contribution in [0.2, 0.25) is 0 Å². The molecule has 5 N–H and O–H groups in total. The van der Waals surface area contributed by atoms with E-state index in [1.54, 1.807) is 12.1 Å². The summed E-state index contributed by atoms with van der Waals surface area (Å²) in [6.45, 7) is 9.13. The van der Waals surface area contributed by atoms with Crippen molar-refractivity contribution < 1.29 is 35.0 Å². The van der Waals surface area contributed by atoms with Crippen molar-refractivity contribution in [1.82, 2.24) is 4.90 Å². The average Bonchev–Trinajstić information content (AvgIpc) is 2.86. The smallest absolute Gasteiger partial charge is 0.187 e. The van der Waals surface area contributed by atoms with Crippen LogP contribution < -0.4 is 0 Å². The third-order valence-corrected chi connectivity index (χ3v) is 6.93. The Kier molecular flexibility index (Phi) is 10.3. The third kappa shape index (κ3) is 6.83. The van der Waals surface area contributed by atoms with E-state index < -0.39 is 37.3 Å². The summed E-state index contributed by atoms with van der Waals surface area (Å²) in [4.78, 5) is 2.43. The lowest BCUT2D eigenvalue weighted by Crippen LogP contribution is -2.59. The zero-order valence-electron chi connectivity index (χ0n) is 21.6. The first-order valence-corrected chi connectivity index (χ1v) is 12.7. The van der Waals surface area contributed by atoms with Gasteiger partial charge in [0.15, 0.2) is 6.29 Å². The molecule has 1 heterocycles. The highest BCUT2D eigenvalue weighted by Gasteiger charge is 2.44. The molecule has 1 fully saturated rings. The lowest BCUT2D eigenvalue weighted by molar-refractivity contribution is -0.304. The molecule has 2 aromatic rings. The molecule has 0 spiro atoms. The summed E-state index contributed by atoms with van der Waals surface area (Å²) in [7, 11) is 0. The molecule has 0 saturated carbocycles. The maximum absolute atomic E-state index is 10.8. The number of nitrogens with zero attached hydrogens (tertiary/aromatic N) is 1. The van der Waals surface area contributed by atoms with Crippen LogP contribution in [0.15, 0.2) is 48.5 Å². The van der Waals surface area contributed by atoms with Crippen molar-refractivity contribution in [3.05, 3.63) is 65.2 Å². The van der Waals surface area contributed by atoms with Crippen molar-refractivity contribution in [2.45, 2.75) is 89.4 Å². The average molecular weight is 504 g/mol. The monoisotopic (exact) mass is 503 g/mol. The zero-order chi connectivity index (χ0) is 26.4. The van der Waals surface area contributed by atoms with Gasteiger partial charge in [-0.05, 0) is 63.9 Å². The van der Waals surface area contributed by atoms with Crippen molar-refractivity contribution in [3.8, 4) is 5.75 Å². The molecule has 200 valence electrons. The highest BCUT2D eigenvalue weighted by atomic mass is 16.7. The summed E-state index contributed by atoms with van der Waals surface area (Å²) >= 11 is 0. The van der Waals surface area contributed by atoms with Crippen LogP contribution in [0.3, 0.4) is 0 Å². The van der Waals surface area contributed by atoms with Gasteiger partial charge in [-0.2, -0.15) is 0 Å². The molecule has 6 atom stereocenters. The summed E-state index contributed by atoms with van der Waals surface area (Å²) in [6.07, 6.45) is -5.83. The third-order valence-electron chi connectivity index (χ3n) is 6.93. The van der Waals surface area contributed by atoms with E-state index in [-0.39, 0.29) is 18.3 Å². The van der Waals surface area contributed by atoms with Gasteiger partial charge in [-0.15, -0.1) is 0 Å². The zero-order valence-corrected chi connectivity index (χ0v) is 21.6. The molecular formula is C28H41NO7. The van der Waals surface area contributed by atoms with Gasteiger partial charge in [0.1, 0.15) is 30.2 Å². The lowest BCUT2D eigenvalue weighted by Gasteiger charge is -2.39. The lowest BCUT2D eigenvalue weighted by atomic mass is 9.86. The molecular weight excluding hydrogens is 462 g/mol. The van der Waals surface area contributed by atoms with Gasteiger partial charge in [0, 0.05) is 23.6 Å². The van der Waals surface area contributed by atoms with Crippen LogP contribution in [0.4, 0.5) is 0 Å². The predicted molar refractivity (Wildman–Crippen MR) is 137 cm³/mol. The van der Waals surface area contributed by atoms with Crippen LogP contribution in [-0.2, 0) is 16.1 Å². The molecule has 0 aromatic heterocycles. The summed E-state index contributed by atoms with van der Waals surface area (Å²) in [6, 6.07) is 16.2. The first-order chi connectivity index (χ1) is 17.1. The molecule has 3 rings (SSSR count). The largest absolute Gasteiger partial charge is 0.508 e. The second kappa shape index (κ2) is 13.0. The number of aliphatic hydroxyl groups is 4. The van der Waals surface area contributed by atoms with Gasteiger partial charge in [0.2, 0.25) is 0 Å². The number of aromatic hydroxyl groups is 1. The Morgan fingerprint density at radius 3 is 2.19 bits per heavy atom. The number of phenolic OH excluding ortho intramolecular Hbond substituents is 1. The van der Waals surface area contributed by atoms with Crippen LogP contribution in [0.25, 0.3) is 0 Å². The fourth-order valence-corrected chi connectivity index (χ4v) is 4.93. The standard InChI is InChI=1S/C28H41NO7/c1-17(2)29(18(3)4)13-12-21(20-8-6-5-7-9-20)22-14-19(10-11-23(22)31)16-35-28-27(34)26(33)25(32)24(15-30)36-28/h5-11,14,17-18,21,24-28,30-34H,12-13,15-16H2,1-4H3/t21?,24-,25-,26+,27-,28-/m1/s1. The minimum Gasteiger partial charge on any atom is -0.508 e. The van der Waals surface area contributed by atoms with Crippen molar-refractivity contribution in [1.29, 1.82) is 0 Å². The molecule has 0 radical (unpaired) electrons. The van der Waals surface area contributed by atoms with E-state index in [1.165, 1.54) is 0 Å². The van der Waals surface area contributed by atoms with Crippen molar-refractivity contribution in [2.75, 3.05) is 13.2 Å². The molecule has 1 saturated heterocycles. The van der Waals surface area contributed by atoms with Crippen molar-refractivity contribution in [2.24, 2.45) is 0 Å². The predicted octanol–water partition coefficient (Wildman–Crippen LogP) is 2.35. The summed E-state index contributed by atoms with van der Waals surface area (Å²) < 4.78 is 11.2. The van der Waals surface area contributed by atoms with Crippen LogP contribution in [-0.4, -0.2) is 86.4 Å². The highest BCUT2D eigenvalue weighted by molar-refractivity contribution is 5.43. The molecule has 1 aliphatic heterocycles. The number of phenols is 1. The molecule has 8 heteroatoms. The molecule has 2 aromatic carbocycles.